The van der Waals surface area contributed by atoms with Crippen LogP contribution in [0.5, 0.6) is 5.75 Å². The predicted octanol–water partition coefficient (Wildman–Crippen LogP) is 2.87. The van der Waals surface area contributed by atoms with E-state index in [1.165, 1.54) is 12.3 Å². The Bertz CT molecular complexity index is 548. The minimum absolute atomic E-state index is 0.00366. The molecule has 0 saturated carbocycles. The van der Waals surface area contributed by atoms with E-state index in [-0.39, 0.29) is 11.7 Å². The number of hydrogen-bond acceptors (Lipinski definition) is 3. The van der Waals surface area contributed by atoms with E-state index in [1.807, 2.05) is 20.8 Å². The molecule has 1 aliphatic heterocycles. The van der Waals surface area contributed by atoms with Crippen molar-refractivity contribution in [1.29, 1.82) is 0 Å². The molecule has 116 valence electrons. The van der Waals surface area contributed by atoms with Crippen LogP contribution in [0.3, 0.4) is 0 Å². The molecule has 0 aromatic heterocycles. The molecule has 0 bridgehead atoms. The van der Waals surface area contributed by atoms with Gasteiger partial charge in [0.15, 0.2) is 0 Å². The molecule has 1 aliphatic rings. The van der Waals surface area contributed by atoms with Gasteiger partial charge in [0.1, 0.15) is 28.7 Å². The van der Waals surface area contributed by atoms with Crippen LogP contribution in [0.15, 0.2) is 22.6 Å². The Morgan fingerprint density at radius 1 is 1.48 bits per heavy atom. The third kappa shape index (κ3) is 4.61. The van der Waals surface area contributed by atoms with E-state index in [2.05, 4.69) is 4.40 Å². The van der Waals surface area contributed by atoms with Gasteiger partial charge in [-0.25, -0.2) is 8.60 Å². The maximum absolute atomic E-state index is 13.8. The van der Waals surface area contributed by atoms with Crippen molar-refractivity contribution in [3.05, 3.63) is 29.6 Å². The van der Waals surface area contributed by atoms with Gasteiger partial charge in [-0.05, 0) is 39.0 Å². The molecule has 2 rings (SSSR count). The Morgan fingerprint density at radius 2 is 2.24 bits per heavy atom. The lowest BCUT2D eigenvalue weighted by Gasteiger charge is -2.13. The van der Waals surface area contributed by atoms with Crippen LogP contribution in [0.4, 0.5) is 4.39 Å². The molecule has 1 fully saturated rings. The van der Waals surface area contributed by atoms with E-state index >= 15 is 0 Å². The second kappa shape index (κ2) is 6.66. The molecule has 1 aromatic rings. The smallest absolute Gasteiger partial charge is 0.144 e. The minimum atomic E-state index is -1.41. The fourth-order valence-electron chi connectivity index (χ4n) is 1.76. The maximum atomic E-state index is 13.8. The summed E-state index contributed by atoms with van der Waals surface area (Å²) in [5.74, 6) is 0.148. The summed E-state index contributed by atoms with van der Waals surface area (Å²) in [6.07, 6.45) is 2.13. The first-order valence-electron chi connectivity index (χ1n) is 6.86. The van der Waals surface area contributed by atoms with E-state index in [0.29, 0.717) is 19.0 Å². The van der Waals surface area contributed by atoms with E-state index in [1.54, 1.807) is 12.1 Å². The molecule has 4 nitrogen and oxygen atoms in total. The molecule has 0 spiro atoms. The Balaban J connectivity index is 2.11. The fraction of sp³-hybridized carbons (Fsp3) is 0.533. The van der Waals surface area contributed by atoms with Crippen molar-refractivity contribution < 1.29 is 18.1 Å². The summed E-state index contributed by atoms with van der Waals surface area (Å²) < 4.78 is 40.0. The van der Waals surface area contributed by atoms with Crippen molar-refractivity contribution in [2.75, 3.05) is 13.2 Å². The summed E-state index contributed by atoms with van der Waals surface area (Å²) in [4.78, 5) is 0. The van der Waals surface area contributed by atoms with Gasteiger partial charge >= 0.3 is 0 Å². The Morgan fingerprint density at radius 3 is 2.86 bits per heavy atom. The first kappa shape index (κ1) is 16.1. The zero-order valence-corrected chi connectivity index (χ0v) is 13.3. The third-order valence-corrected chi connectivity index (χ3v) is 4.31. The molecule has 2 atom stereocenters. The van der Waals surface area contributed by atoms with Crippen molar-refractivity contribution in [1.82, 2.24) is 0 Å². The molecule has 0 amide bonds. The first-order chi connectivity index (χ1) is 9.86. The lowest BCUT2D eigenvalue weighted by molar-refractivity contribution is 0.141. The number of benzene rings is 1. The van der Waals surface area contributed by atoms with Crippen molar-refractivity contribution in [3.63, 3.8) is 0 Å². The highest BCUT2D eigenvalue weighted by atomic mass is 32.2. The van der Waals surface area contributed by atoms with Crippen molar-refractivity contribution >= 4 is 17.2 Å². The van der Waals surface area contributed by atoms with Crippen molar-refractivity contribution in [3.8, 4) is 5.75 Å². The Hall–Kier alpha value is -1.27. The van der Waals surface area contributed by atoms with Gasteiger partial charge in [-0.1, -0.05) is 0 Å². The minimum Gasteiger partial charge on any atom is -0.488 e. The van der Waals surface area contributed by atoms with Crippen LogP contribution in [0.2, 0.25) is 0 Å². The molecule has 1 saturated heterocycles. The standard InChI is InChI=1S/C15H20FNO3S/c1-15(2,3)21(18)17-9-11-8-12(4-5-14(11)16)20-13-6-7-19-10-13/h4-5,8-9,13H,6-7,10H2,1-3H3/t13-,21?/m1/s1. The predicted molar refractivity (Wildman–Crippen MR) is 81.7 cm³/mol. The summed E-state index contributed by atoms with van der Waals surface area (Å²) in [6, 6.07) is 4.47. The van der Waals surface area contributed by atoms with Crippen molar-refractivity contribution in [2.24, 2.45) is 4.40 Å². The van der Waals surface area contributed by atoms with E-state index in [4.69, 9.17) is 9.47 Å². The molecular weight excluding hydrogens is 293 g/mol. The van der Waals surface area contributed by atoms with Gasteiger partial charge in [0.25, 0.3) is 0 Å². The molecule has 1 heterocycles. The summed E-state index contributed by atoms with van der Waals surface area (Å²) in [6.45, 7) is 6.68. The highest BCUT2D eigenvalue weighted by Gasteiger charge is 2.19. The zero-order chi connectivity index (χ0) is 15.5. The molecule has 1 unspecified atom stereocenters. The molecular formula is C15H20FNO3S. The molecule has 0 N–H and O–H groups in total. The summed E-state index contributed by atoms with van der Waals surface area (Å²) >= 11 is 0. The first-order valence-corrected chi connectivity index (χ1v) is 7.97. The lowest BCUT2D eigenvalue weighted by atomic mass is 10.2. The maximum Gasteiger partial charge on any atom is 0.144 e. The second-order valence-electron chi connectivity index (χ2n) is 5.88. The van der Waals surface area contributed by atoms with Crippen LogP contribution in [0.25, 0.3) is 0 Å². The molecule has 0 aliphatic carbocycles. The van der Waals surface area contributed by atoms with Crippen molar-refractivity contribution in [2.45, 2.75) is 38.0 Å². The van der Waals surface area contributed by atoms with Crippen LogP contribution in [-0.2, 0) is 15.7 Å². The molecule has 0 radical (unpaired) electrons. The van der Waals surface area contributed by atoms with Crippen LogP contribution in [0, 0.1) is 5.82 Å². The number of hydrogen-bond donors (Lipinski definition) is 0. The van der Waals surface area contributed by atoms with E-state index in [0.717, 1.165) is 6.42 Å². The highest BCUT2D eigenvalue weighted by Crippen LogP contribution is 2.20. The van der Waals surface area contributed by atoms with Gasteiger partial charge < -0.3 is 9.47 Å². The number of halogens is 1. The second-order valence-corrected chi connectivity index (χ2v) is 7.82. The number of nitrogens with zero attached hydrogens (tertiary/aromatic N) is 1. The SMILES string of the molecule is CC(C)(C)S(=O)N=Cc1cc(O[C@@H]2CCOC2)ccc1F. The average Bonchev–Trinajstić information content (AvgIpc) is 2.90. The molecule has 1 aromatic carbocycles. The highest BCUT2D eigenvalue weighted by molar-refractivity contribution is 7.85. The van der Waals surface area contributed by atoms with Crippen LogP contribution < -0.4 is 4.74 Å². The van der Waals surface area contributed by atoms with Gasteiger partial charge in [-0.2, -0.15) is 4.40 Å². The van der Waals surface area contributed by atoms with Crippen LogP contribution >= 0.6 is 0 Å². The van der Waals surface area contributed by atoms with Crippen LogP contribution in [-0.4, -0.2) is 34.5 Å². The molecule has 6 heteroatoms. The zero-order valence-electron chi connectivity index (χ0n) is 12.5. The Kier molecular flexibility index (Phi) is 5.11. The summed E-state index contributed by atoms with van der Waals surface area (Å²) in [5, 5.41) is 0. The largest absolute Gasteiger partial charge is 0.488 e. The quantitative estimate of drug-likeness (QED) is 0.803. The number of rotatable bonds is 4. The van der Waals surface area contributed by atoms with Crippen LogP contribution in [0.1, 0.15) is 32.8 Å². The Labute approximate surface area is 127 Å². The molecule has 21 heavy (non-hydrogen) atoms. The summed E-state index contributed by atoms with van der Waals surface area (Å²) in [7, 11) is -1.41. The monoisotopic (exact) mass is 313 g/mol. The van der Waals surface area contributed by atoms with Gasteiger partial charge in [-0.3, -0.25) is 0 Å². The van der Waals surface area contributed by atoms with E-state index < -0.39 is 21.5 Å². The number of ether oxygens (including phenoxy) is 2. The van der Waals surface area contributed by atoms with Gasteiger partial charge in [0, 0.05) is 18.2 Å². The van der Waals surface area contributed by atoms with Gasteiger partial charge in [0.2, 0.25) is 0 Å². The summed E-state index contributed by atoms with van der Waals surface area (Å²) in [5.41, 5.74) is 0.268. The fourth-order valence-corrected chi connectivity index (χ4v) is 2.28. The normalized spacial score (nSPS) is 20.9. The average molecular weight is 313 g/mol. The van der Waals surface area contributed by atoms with Gasteiger partial charge in [0.05, 0.1) is 18.0 Å². The third-order valence-electron chi connectivity index (χ3n) is 2.97. The topological polar surface area (TPSA) is 47.9 Å². The lowest BCUT2D eigenvalue weighted by Crippen LogP contribution is -2.19. The van der Waals surface area contributed by atoms with E-state index in [9.17, 15) is 8.60 Å². The van der Waals surface area contributed by atoms with Gasteiger partial charge in [-0.15, -0.1) is 0 Å².